The van der Waals surface area contributed by atoms with Crippen LogP contribution in [0.3, 0.4) is 0 Å². The molecule has 2 aromatic carbocycles. The summed E-state index contributed by atoms with van der Waals surface area (Å²) in [6.07, 6.45) is 5.36. The number of nitro benzene ring substituents is 1. The Balaban J connectivity index is 1.84. The molecule has 1 heterocycles. The lowest BCUT2D eigenvalue weighted by molar-refractivity contribution is -0.385. The van der Waals surface area contributed by atoms with Crippen LogP contribution in [0.25, 0.3) is 0 Å². The highest BCUT2D eigenvalue weighted by molar-refractivity contribution is 9.10. The Labute approximate surface area is 142 Å². The molecule has 2 aliphatic rings. The Morgan fingerprint density at radius 3 is 2.74 bits per heavy atom. The largest absolute Gasteiger partial charge is 0.377 e. The lowest BCUT2D eigenvalue weighted by Gasteiger charge is -2.37. The maximum atomic E-state index is 11.2. The van der Waals surface area contributed by atoms with Gasteiger partial charge in [-0.05, 0) is 39.4 Å². The maximum absolute atomic E-state index is 11.2. The zero-order valence-electron chi connectivity index (χ0n) is 12.3. The van der Waals surface area contributed by atoms with Crippen LogP contribution in [-0.2, 0) is 0 Å². The van der Waals surface area contributed by atoms with Gasteiger partial charge in [-0.3, -0.25) is 10.1 Å². The Hall–Kier alpha value is -2.14. The highest BCUT2D eigenvalue weighted by atomic mass is 79.9. The van der Waals surface area contributed by atoms with Crippen molar-refractivity contribution in [2.24, 2.45) is 5.92 Å². The Bertz CT molecular complexity index is 804. The number of non-ortho nitro benzene ring substituents is 1. The van der Waals surface area contributed by atoms with Crippen molar-refractivity contribution in [3.63, 3.8) is 0 Å². The summed E-state index contributed by atoms with van der Waals surface area (Å²) in [5, 5.41) is 14.8. The van der Waals surface area contributed by atoms with Gasteiger partial charge in [-0.1, -0.05) is 42.5 Å². The van der Waals surface area contributed by atoms with Crippen LogP contribution in [-0.4, -0.2) is 4.92 Å². The number of fused-ring (bicyclic) bond motifs is 3. The quantitative estimate of drug-likeness (QED) is 0.449. The number of benzene rings is 2. The van der Waals surface area contributed by atoms with Crippen LogP contribution in [0.4, 0.5) is 11.4 Å². The first-order valence-electron chi connectivity index (χ1n) is 7.61. The molecule has 1 N–H and O–H groups in total. The zero-order valence-corrected chi connectivity index (χ0v) is 13.9. The van der Waals surface area contributed by atoms with E-state index in [2.05, 4.69) is 57.7 Å². The lowest BCUT2D eigenvalue weighted by Crippen LogP contribution is -2.29. The van der Waals surface area contributed by atoms with E-state index in [-0.39, 0.29) is 22.6 Å². The first-order chi connectivity index (χ1) is 11.1. The van der Waals surface area contributed by atoms with Crippen molar-refractivity contribution in [1.29, 1.82) is 0 Å². The smallest absolute Gasteiger partial charge is 0.271 e. The molecule has 0 saturated carbocycles. The lowest BCUT2D eigenvalue weighted by atomic mass is 9.77. The molecule has 3 atom stereocenters. The zero-order chi connectivity index (χ0) is 16.0. The number of hydrogen-bond donors (Lipinski definition) is 1. The molecule has 0 amide bonds. The van der Waals surface area contributed by atoms with Gasteiger partial charge in [0.15, 0.2) is 0 Å². The van der Waals surface area contributed by atoms with E-state index >= 15 is 0 Å². The third-order valence-electron chi connectivity index (χ3n) is 4.78. The van der Waals surface area contributed by atoms with E-state index < -0.39 is 0 Å². The molecule has 23 heavy (non-hydrogen) atoms. The number of anilines is 1. The fourth-order valence-electron chi connectivity index (χ4n) is 3.74. The highest BCUT2D eigenvalue weighted by Crippen LogP contribution is 2.52. The summed E-state index contributed by atoms with van der Waals surface area (Å²) >= 11 is 3.51. The second kappa shape index (κ2) is 5.49. The van der Waals surface area contributed by atoms with E-state index in [0.29, 0.717) is 5.92 Å². The van der Waals surface area contributed by atoms with Gasteiger partial charge in [-0.25, -0.2) is 0 Å². The second-order valence-corrected chi connectivity index (χ2v) is 6.89. The van der Waals surface area contributed by atoms with Crippen molar-refractivity contribution in [2.45, 2.75) is 18.4 Å². The van der Waals surface area contributed by atoms with E-state index in [4.69, 9.17) is 0 Å². The van der Waals surface area contributed by atoms with Crippen molar-refractivity contribution >= 4 is 27.3 Å². The summed E-state index contributed by atoms with van der Waals surface area (Å²) in [5.41, 5.74) is 3.37. The van der Waals surface area contributed by atoms with Gasteiger partial charge in [0.2, 0.25) is 0 Å². The molecule has 116 valence electrons. The predicted octanol–water partition coefficient (Wildman–Crippen LogP) is 5.18. The summed E-state index contributed by atoms with van der Waals surface area (Å²) in [4.78, 5) is 10.8. The van der Waals surface area contributed by atoms with Gasteiger partial charge < -0.3 is 5.32 Å². The predicted molar refractivity (Wildman–Crippen MR) is 93.6 cm³/mol. The minimum atomic E-state index is -0.331. The SMILES string of the molecule is O=[N+]([O-])c1cc(Br)c2c(c1)[C@H]1C=CC[C@H]1[C@@H](c1ccccc1)N2. The fourth-order valence-corrected chi connectivity index (χ4v) is 4.31. The molecule has 0 bridgehead atoms. The van der Waals surface area contributed by atoms with Gasteiger partial charge >= 0.3 is 0 Å². The van der Waals surface area contributed by atoms with Gasteiger partial charge in [0, 0.05) is 22.5 Å². The normalized spacial score (nSPS) is 24.7. The van der Waals surface area contributed by atoms with Gasteiger partial charge in [-0.2, -0.15) is 0 Å². The molecule has 0 unspecified atom stereocenters. The van der Waals surface area contributed by atoms with E-state index in [1.807, 2.05) is 6.07 Å². The van der Waals surface area contributed by atoms with Crippen molar-refractivity contribution < 1.29 is 4.92 Å². The number of allylic oxidation sites excluding steroid dienone is 2. The summed E-state index contributed by atoms with van der Waals surface area (Å²) in [6.45, 7) is 0. The molecule has 5 heteroatoms. The summed E-state index contributed by atoms with van der Waals surface area (Å²) < 4.78 is 0.751. The third-order valence-corrected chi connectivity index (χ3v) is 5.40. The first-order valence-corrected chi connectivity index (χ1v) is 8.40. The number of nitro groups is 1. The molecule has 4 rings (SSSR count). The summed E-state index contributed by atoms with van der Waals surface area (Å²) in [5.74, 6) is 0.603. The van der Waals surface area contributed by atoms with Crippen molar-refractivity contribution in [2.75, 3.05) is 5.32 Å². The molecule has 1 aliphatic carbocycles. The Kier molecular flexibility index (Phi) is 3.45. The van der Waals surface area contributed by atoms with Crippen LogP contribution in [0.1, 0.15) is 29.5 Å². The average Bonchev–Trinajstić information content (AvgIpc) is 3.04. The third kappa shape index (κ3) is 2.36. The van der Waals surface area contributed by atoms with Crippen LogP contribution < -0.4 is 5.32 Å². The highest BCUT2D eigenvalue weighted by Gasteiger charge is 2.39. The number of nitrogens with zero attached hydrogens (tertiary/aromatic N) is 1. The Morgan fingerprint density at radius 2 is 2.00 bits per heavy atom. The number of nitrogens with one attached hydrogen (secondary N) is 1. The van der Waals surface area contributed by atoms with Gasteiger partial charge in [0.1, 0.15) is 0 Å². The molecule has 0 saturated heterocycles. The summed E-state index contributed by atoms with van der Waals surface area (Å²) in [7, 11) is 0. The Morgan fingerprint density at radius 1 is 1.22 bits per heavy atom. The van der Waals surface area contributed by atoms with Crippen LogP contribution >= 0.6 is 15.9 Å². The molecule has 1 aliphatic heterocycles. The molecule has 0 spiro atoms. The number of hydrogen-bond acceptors (Lipinski definition) is 3. The van der Waals surface area contributed by atoms with Crippen LogP contribution in [0.2, 0.25) is 0 Å². The van der Waals surface area contributed by atoms with E-state index in [1.165, 1.54) is 5.56 Å². The van der Waals surface area contributed by atoms with Crippen molar-refractivity contribution in [3.8, 4) is 0 Å². The van der Waals surface area contributed by atoms with Gasteiger partial charge in [0.05, 0.1) is 16.7 Å². The molecular formula is C18H15BrN2O2. The van der Waals surface area contributed by atoms with Crippen molar-refractivity contribution in [3.05, 3.63) is 80.3 Å². The van der Waals surface area contributed by atoms with E-state index in [9.17, 15) is 10.1 Å². The molecule has 0 fully saturated rings. The molecular weight excluding hydrogens is 356 g/mol. The minimum Gasteiger partial charge on any atom is -0.377 e. The maximum Gasteiger partial charge on any atom is 0.271 e. The fraction of sp³-hybridized carbons (Fsp3) is 0.222. The van der Waals surface area contributed by atoms with Crippen LogP contribution in [0, 0.1) is 16.0 Å². The standard InChI is InChI=1S/C18H15BrN2O2/c19-16-10-12(21(22)23)9-15-13-7-4-8-14(13)17(20-18(15)16)11-5-2-1-3-6-11/h1-7,9-10,13-14,17,20H,8H2/t13-,14+,17+/m0/s1. The average molecular weight is 371 g/mol. The van der Waals surface area contributed by atoms with Crippen molar-refractivity contribution in [1.82, 2.24) is 0 Å². The van der Waals surface area contributed by atoms with Gasteiger partial charge in [0.25, 0.3) is 5.69 Å². The van der Waals surface area contributed by atoms with E-state index in [0.717, 1.165) is 22.1 Å². The molecule has 0 radical (unpaired) electrons. The van der Waals surface area contributed by atoms with Gasteiger partial charge in [-0.15, -0.1) is 0 Å². The van der Waals surface area contributed by atoms with E-state index in [1.54, 1.807) is 12.1 Å². The second-order valence-electron chi connectivity index (χ2n) is 6.04. The molecule has 4 nitrogen and oxygen atoms in total. The summed E-state index contributed by atoms with van der Waals surface area (Å²) in [6, 6.07) is 13.9. The van der Waals surface area contributed by atoms with Crippen LogP contribution in [0.15, 0.2) is 59.1 Å². The minimum absolute atomic E-state index is 0.134. The molecule has 2 aromatic rings. The number of rotatable bonds is 2. The topological polar surface area (TPSA) is 55.2 Å². The number of halogens is 1. The monoisotopic (exact) mass is 370 g/mol. The van der Waals surface area contributed by atoms with Crippen LogP contribution in [0.5, 0.6) is 0 Å². The molecule has 0 aromatic heterocycles. The first kappa shape index (κ1) is 14.5.